The van der Waals surface area contributed by atoms with Gasteiger partial charge >= 0.3 is 0 Å². The Balaban J connectivity index is 2.37. The van der Waals surface area contributed by atoms with Crippen molar-refractivity contribution in [2.45, 2.75) is 26.2 Å². The van der Waals surface area contributed by atoms with Crippen LogP contribution in [0.4, 0.5) is 0 Å². The van der Waals surface area contributed by atoms with Crippen molar-refractivity contribution in [1.29, 1.82) is 0 Å². The molecule has 0 atom stereocenters. The Labute approximate surface area is 121 Å². The van der Waals surface area contributed by atoms with E-state index < -0.39 is 0 Å². The van der Waals surface area contributed by atoms with E-state index in [9.17, 15) is 4.79 Å². The Morgan fingerprint density at radius 3 is 2.72 bits per heavy atom. The van der Waals surface area contributed by atoms with Gasteiger partial charge in [-0.05, 0) is 31.4 Å². The van der Waals surface area contributed by atoms with Gasteiger partial charge in [0.25, 0.3) is 0 Å². The van der Waals surface area contributed by atoms with Crippen LogP contribution in [-0.4, -0.2) is 35.6 Å². The number of thiophene rings is 1. The van der Waals surface area contributed by atoms with Crippen LogP contribution in [0, 0.1) is 0 Å². The molecular weight excluding hydrogens is 293 g/mol. The third kappa shape index (κ3) is 4.76. The quantitative estimate of drug-likeness (QED) is 0.840. The van der Waals surface area contributed by atoms with Crippen LogP contribution in [-0.2, 0) is 11.2 Å². The van der Waals surface area contributed by atoms with Crippen molar-refractivity contribution < 1.29 is 9.90 Å². The van der Waals surface area contributed by atoms with Crippen molar-refractivity contribution in [3.05, 3.63) is 20.3 Å². The topological polar surface area (TPSA) is 40.5 Å². The van der Waals surface area contributed by atoms with Gasteiger partial charge in [0.2, 0.25) is 5.91 Å². The van der Waals surface area contributed by atoms with Gasteiger partial charge in [-0.1, -0.05) is 23.2 Å². The van der Waals surface area contributed by atoms with Crippen molar-refractivity contribution in [3.8, 4) is 0 Å². The summed E-state index contributed by atoms with van der Waals surface area (Å²) >= 11 is 13.2. The van der Waals surface area contributed by atoms with E-state index in [2.05, 4.69) is 0 Å². The van der Waals surface area contributed by atoms with Gasteiger partial charge in [-0.2, -0.15) is 0 Å². The van der Waals surface area contributed by atoms with Crippen molar-refractivity contribution in [3.63, 3.8) is 0 Å². The molecular formula is C12H17Cl2NO2S. The average molecular weight is 310 g/mol. The summed E-state index contributed by atoms with van der Waals surface area (Å²) in [6.07, 6.45) is 1.97. The maximum atomic E-state index is 11.8. The van der Waals surface area contributed by atoms with Crippen LogP contribution in [0.2, 0.25) is 8.67 Å². The number of carbonyl (C=O) groups excluding carboxylic acids is 1. The minimum atomic E-state index is 0.00550. The van der Waals surface area contributed by atoms with E-state index in [4.69, 9.17) is 28.3 Å². The molecule has 1 rings (SSSR count). The van der Waals surface area contributed by atoms with Crippen LogP contribution in [0.25, 0.3) is 0 Å². The number of hydrogen-bond donors (Lipinski definition) is 1. The number of rotatable bonds is 7. The summed E-state index contributed by atoms with van der Waals surface area (Å²) < 4.78 is 1.38. The maximum absolute atomic E-state index is 11.8. The third-order valence-corrected chi connectivity index (χ3v) is 4.24. The van der Waals surface area contributed by atoms with Crippen LogP contribution in [0.15, 0.2) is 6.07 Å². The average Bonchev–Trinajstić information content (AvgIpc) is 2.64. The lowest BCUT2D eigenvalue weighted by atomic mass is 10.1. The number of carbonyl (C=O) groups is 1. The van der Waals surface area contributed by atoms with Gasteiger partial charge < -0.3 is 10.0 Å². The van der Waals surface area contributed by atoms with Crippen molar-refractivity contribution in [1.82, 2.24) is 4.90 Å². The number of aryl methyl sites for hydroxylation is 1. The summed E-state index contributed by atoms with van der Waals surface area (Å²) in [6.45, 7) is 2.94. The van der Waals surface area contributed by atoms with Gasteiger partial charge in [-0.25, -0.2) is 0 Å². The predicted octanol–water partition coefficient (Wildman–Crippen LogP) is 3.22. The zero-order valence-electron chi connectivity index (χ0n) is 10.3. The molecule has 0 aromatic carbocycles. The van der Waals surface area contributed by atoms with Gasteiger partial charge in [0.05, 0.1) is 15.3 Å². The number of halogens is 2. The van der Waals surface area contributed by atoms with E-state index in [0.29, 0.717) is 28.2 Å². The number of aliphatic hydroxyl groups is 1. The minimum absolute atomic E-state index is 0.00550. The Morgan fingerprint density at radius 2 is 2.22 bits per heavy atom. The Morgan fingerprint density at radius 1 is 1.50 bits per heavy atom. The maximum Gasteiger partial charge on any atom is 0.222 e. The fraction of sp³-hybridized carbons (Fsp3) is 0.583. The zero-order valence-corrected chi connectivity index (χ0v) is 12.6. The number of aliphatic hydroxyl groups excluding tert-OH is 1. The molecule has 102 valence electrons. The number of hydrogen-bond acceptors (Lipinski definition) is 3. The third-order valence-electron chi connectivity index (χ3n) is 2.67. The molecule has 3 nitrogen and oxygen atoms in total. The standard InChI is InChI=1S/C12H17Cl2NO2S/c1-2-15(6-7-16)11(17)5-3-4-9-8-10(13)18-12(9)14/h8,16H,2-7H2,1H3. The van der Waals surface area contributed by atoms with Gasteiger partial charge in [-0.3, -0.25) is 4.79 Å². The molecule has 0 aliphatic heterocycles. The SMILES string of the molecule is CCN(CCO)C(=O)CCCc1cc(Cl)sc1Cl. The molecule has 0 spiro atoms. The van der Waals surface area contributed by atoms with Gasteiger partial charge in [0.15, 0.2) is 0 Å². The van der Waals surface area contributed by atoms with Gasteiger partial charge in [0, 0.05) is 19.5 Å². The molecule has 18 heavy (non-hydrogen) atoms. The summed E-state index contributed by atoms with van der Waals surface area (Å²) in [4.78, 5) is 13.5. The fourth-order valence-electron chi connectivity index (χ4n) is 1.71. The Bertz CT molecular complexity index is 395. The van der Waals surface area contributed by atoms with E-state index in [1.165, 1.54) is 11.3 Å². The lowest BCUT2D eigenvalue weighted by molar-refractivity contribution is -0.131. The molecule has 1 heterocycles. The molecule has 0 aliphatic carbocycles. The summed E-state index contributed by atoms with van der Waals surface area (Å²) in [5.74, 6) is 0.0731. The van der Waals surface area contributed by atoms with Gasteiger partial charge in [-0.15, -0.1) is 11.3 Å². The molecule has 1 aromatic rings. The Hall–Kier alpha value is -0.290. The largest absolute Gasteiger partial charge is 0.395 e. The normalized spacial score (nSPS) is 10.7. The van der Waals surface area contributed by atoms with Crippen molar-refractivity contribution >= 4 is 40.4 Å². The molecule has 1 aromatic heterocycles. The summed E-state index contributed by atoms with van der Waals surface area (Å²) in [6, 6.07) is 1.85. The van der Waals surface area contributed by atoms with E-state index in [0.717, 1.165) is 18.4 Å². The van der Waals surface area contributed by atoms with Crippen LogP contribution < -0.4 is 0 Å². The van der Waals surface area contributed by atoms with E-state index in [1.807, 2.05) is 13.0 Å². The highest BCUT2D eigenvalue weighted by molar-refractivity contribution is 7.20. The first-order chi connectivity index (χ1) is 8.58. The molecule has 0 unspecified atom stereocenters. The fourth-order valence-corrected chi connectivity index (χ4v) is 3.26. The second-order valence-electron chi connectivity index (χ2n) is 3.90. The number of likely N-dealkylation sites (N-methyl/N-ethyl adjacent to an activating group) is 1. The second kappa shape index (κ2) is 8.00. The van der Waals surface area contributed by atoms with E-state index in [1.54, 1.807) is 4.90 Å². The van der Waals surface area contributed by atoms with Crippen LogP contribution in [0.5, 0.6) is 0 Å². The van der Waals surface area contributed by atoms with Crippen LogP contribution >= 0.6 is 34.5 Å². The summed E-state index contributed by atoms with van der Waals surface area (Å²) in [5, 5.41) is 8.83. The highest BCUT2D eigenvalue weighted by Crippen LogP contribution is 2.32. The second-order valence-corrected chi connectivity index (χ2v) is 6.19. The highest BCUT2D eigenvalue weighted by Gasteiger charge is 2.11. The Kier molecular flexibility index (Phi) is 7.00. The van der Waals surface area contributed by atoms with Crippen molar-refractivity contribution in [2.24, 2.45) is 0 Å². The van der Waals surface area contributed by atoms with E-state index >= 15 is 0 Å². The van der Waals surface area contributed by atoms with Gasteiger partial charge in [0.1, 0.15) is 0 Å². The molecule has 0 fully saturated rings. The van der Waals surface area contributed by atoms with E-state index in [-0.39, 0.29) is 12.5 Å². The zero-order chi connectivity index (χ0) is 13.5. The van der Waals surface area contributed by atoms with Crippen LogP contribution in [0.3, 0.4) is 0 Å². The smallest absolute Gasteiger partial charge is 0.222 e. The van der Waals surface area contributed by atoms with Crippen molar-refractivity contribution in [2.75, 3.05) is 19.7 Å². The molecule has 1 N–H and O–H groups in total. The lowest BCUT2D eigenvalue weighted by Gasteiger charge is -2.19. The first-order valence-electron chi connectivity index (χ1n) is 5.90. The molecule has 0 radical (unpaired) electrons. The number of nitrogens with zero attached hydrogens (tertiary/aromatic N) is 1. The minimum Gasteiger partial charge on any atom is -0.395 e. The van der Waals surface area contributed by atoms with Crippen LogP contribution in [0.1, 0.15) is 25.3 Å². The molecule has 1 amide bonds. The highest BCUT2D eigenvalue weighted by atomic mass is 35.5. The number of amides is 1. The molecule has 0 saturated carbocycles. The molecule has 6 heteroatoms. The first-order valence-corrected chi connectivity index (χ1v) is 7.48. The lowest BCUT2D eigenvalue weighted by Crippen LogP contribution is -2.33. The summed E-state index contributed by atoms with van der Waals surface area (Å²) in [5.41, 5.74) is 1.00. The first kappa shape index (κ1) is 15.8. The molecule has 0 bridgehead atoms. The predicted molar refractivity (Wildman–Crippen MR) is 76.6 cm³/mol. The monoisotopic (exact) mass is 309 g/mol. The molecule has 0 saturated heterocycles. The molecule has 0 aliphatic rings. The summed E-state index contributed by atoms with van der Waals surface area (Å²) in [7, 11) is 0.